The van der Waals surface area contributed by atoms with Crippen molar-refractivity contribution in [3.63, 3.8) is 0 Å². The zero-order valence-corrected chi connectivity index (χ0v) is 16.6. The number of hydrogen-bond donors (Lipinski definition) is 1. The number of nitrogens with one attached hydrogen (secondary N) is 1. The molecule has 2 aromatic carbocycles. The van der Waals surface area contributed by atoms with Crippen LogP contribution in [0.1, 0.15) is 37.8 Å². The van der Waals surface area contributed by atoms with Crippen LogP contribution in [0.15, 0.2) is 48.5 Å². The lowest BCUT2D eigenvalue weighted by Crippen LogP contribution is -2.44. The minimum Gasteiger partial charge on any atom is -0.479 e. The minimum atomic E-state index is -0.498. The van der Waals surface area contributed by atoms with Gasteiger partial charge in [-0.25, -0.2) is 0 Å². The van der Waals surface area contributed by atoms with Crippen molar-refractivity contribution in [1.82, 2.24) is 0 Å². The van der Waals surface area contributed by atoms with E-state index < -0.39 is 6.10 Å². The molecule has 1 aliphatic rings. The number of unbranched alkanes of at least 4 members (excludes halogenated alkanes) is 1. The Morgan fingerprint density at radius 1 is 1.21 bits per heavy atom. The molecule has 28 heavy (non-hydrogen) atoms. The van der Waals surface area contributed by atoms with Crippen LogP contribution in [-0.2, 0) is 9.59 Å². The van der Waals surface area contributed by atoms with Gasteiger partial charge < -0.3 is 15.0 Å². The largest absolute Gasteiger partial charge is 0.479 e. The highest BCUT2D eigenvalue weighted by Crippen LogP contribution is 2.36. The van der Waals surface area contributed by atoms with Gasteiger partial charge in [-0.15, -0.1) is 0 Å². The molecule has 0 aromatic heterocycles. The van der Waals surface area contributed by atoms with Gasteiger partial charge in [0.2, 0.25) is 5.91 Å². The van der Waals surface area contributed by atoms with Crippen LogP contribution in [0.5, 0.6) is 5.75 Å². The molecule has 1 unspecified atom stereocenters. The van der Waals surface area contributed by atoms with E-state index in [1.54, 1.807) is 36.1 Å². The van der Waals surface area contributed by atoms with E-state index in [1.807, 2.05) is 31.2 Å². The van der Waals surface area contributed by atoms with Crippen LogP contribution in [0.4, 0.5) is 11.4 Å². The van der Waals surface area contributed by atoms with Crippen molar-refractivity contribution in [3.05, 3.63) is 59.7 Å². The normalized spacial score (nSPS) is 16.0. The smallest absolute Gasteiger partial charge is 0.267 e. The van der Waals surface area contributed by atoms with E-state index in [0.717, 1.165) is 18.4 Å². The molecule has 0 saturated carbocycles. The molecule has 0 spiro atoms. The Balaban J connectivity index is 1.75. The topological polar surface area (TPSA) is 58.6 Å². The molecule has 3 rings (SSSR count). The summed E-state index contributed by atoms with van der Waals surface area (Å²) in [7, 11) is 0. The maximum Gasteiger partial charge on any atom is 0.267 e. The molecule has 5 nitrogen and oxygen atoms in total. The average molecular weight is 378 g/mol. The second kappa shape index (κ2) is 8.74. The van der Waals surface area contributed by atoms with Crippen molar-refractivity contribution in [2.24, 2.45) is 0 Å². The highest BCUT2D eigenvalue weighted by molar-refractivity contribution is 6.04. The molecule has 0 bridgehead atoms. The van der Waals surface area contributed by atoms with Crippen LogP contribution in [-0.4, -0.2) is 24.5 Å². The quantitative estimate of drug-likeness (QED) is 0.750. The summed E-state index contributed by atoms with van der Waals surface area (Å²) in [5.41, 5.74) is 3.47. The van der Waals surface area contributed by atoms with E-state index in [0.29, 0.717) is 23.7 Å². The number of aryl methyl sites for hydroxylation is 1. The third kappa shape index (κ3) is 4.60. The summed E-state index contributed by atoms with van der Waals surface area (Å²) < 4.78 is 5.71. The van der Waals surface area contributed by atoms with Gasteiger partial charge in [0, 0.05) is 18.3 Å². The van der Waals surface area contributed by atoms with E-state index in [4.69, 9.17) is 4.74 Å². The predicted molar refractivity (Wildman–Crippen MR) is 113 cm³/mol. The Morgan fingerprint density at radius 3 is 2.68 bits per heavy atom. The Kier molecular flexibility index (Phi) is 6.14. The number of fused-ring (bicyclic) bond motifs is 1. The second-order valence-corrected chi connectivity index (χ2v) is 7.02. The van der Waals surface area contributed by atoms with Crippen LogP contribution in [0.2, 0.25) is 0 Å². The Morgan fingerprint density at radius 2 is 1.96 bits per heavy atom. The SMILES string of the molecule is CCCCN1C(=O)C(C)Oc2ccc(NC(=O)/C=C/c3ccc(C)cc3)cc21. The van der Waals surface area contributed by atoms with Crippen molar-refractivity contribution in [3.8, 4) is 5.75 Å². The van der Waals surface area contributed by atoms with Crippen molar-refractivity contribution in [2.45, 2.75) is 39.7 Å². The highest BCUT2D eigenvalue weighted by Gasteiger charge is 2.31. The van der Waals surface area contributed by atoms with Crippen molar-refractivity contribution < 1.29 is 14.3 Å². The second-order valence-electron chi connectivity index (χ2n) is 7.02. The molecule has 1 N–H and O–H groups in total. The molecule has 1 heterocycles. The molecule has 0 radical (unpaired) electrons. The van der Waals surface area contributed by atoms with E-state index in [1.165, 1.54) is 11.6 Å². The van der Waals surface area contributed by atoms with Crippen LogP contribution in [0.3, 0.4) is 0 Å². The highest BCUT2D eigenvalue weighted by atomic mass is 16.5. The molecule has 0 saturated heterocycles. The molecular formula is C23H26N2O3. The summed E-state index contributed by atoms with van der Waals surface area (Å²) >= 11 is 0. The van der Waals surface area contributed by atoms with Crippen LogP contribution < -0.4 is 15.0 Å². The third-order valence-electron chi connectivity index (χ3n) is 4.67. The minimum absolute atomic E-state index is 0.0521. The van der Waals surface area contributed by atoms with Crippen molar-refractivity contribution in [1.29, 1.82) is 0 Å². The maximum atomic E-state index is 12.5. The molecule has 0 fully saturated rings. The number of amides is 2. The molecular weight excluding hydrogens is 352 g/mol. The van der Waals surface area contributed by atoms with Gasteiger partial charge in [0.25, 0.3) is 5.91 Å². The Labute approximate surface area is 166 Å². The summed E-state index contributed by atoms with van der Waals surface area (Å²) in [5, 5.41) is 2.86. The summed E-state index contributed by atoms with van der Waals surface area (Å²) in [6, 6.07) is 13.3. The predicted octanol–water partition coefficient (Wildman–Crippen LogP) is 4.56. The molecule has 1 aliphatic heterocycles. The monoisotopic (exact) mass is 378 g/mol. The number of carbonyl (C=O) groups is 2. The van der Waals surface area contributed by atoms with Crippen LogP contribution in [0, 0.1) is 6.92 Å². The number of nitrogens with zero attached hydrogens (tertiary/aromatic N) is 1. The number of anilines is 2. The van der Waals surface area contributed by atoms with Crippen molar-refractivity contribution >= 4 is 29.3 Å². The van der Waals surface area contributed by atoms with Gasteiger partial charge in [0.05, 0.1) is 5.69 Å². The van der Waals surface area contributed by atoms with Gasteiger partial charge in [0.15, 0.2) is 6.10 Å². The third-order valence-corrected chi connectivity index (χ3v) is 4.67. The fourth-order valence-electron chi connectivity index (χ4n) is 3.07. The van der Waals surface area contributed by atoms with Crippen LogP contribution >= 0.6 is 0 Å². The number of benzene rings is 2. The average Bonchev–Trinajstić information content (AvgIpc) is 2.68. The summed E-state index contributed by atoms with van der Waals surface area (Å²) in [5.74, 6) is 0.386. The van der Waals surface area contributed by atoms with Gasteiger partial charge in [-0.1, -0.05) is 43.2 Å². The van der Waals surface area contributed by atoms with E-state index in [-0.39, 0.29) is 11.8 Å². The van der Waals surface area contributed by atoms with E-state index in [2.05, 4.69) is 12.2 Å². The Bertz CT molecular complexity index is 887. The molecule has 2 amide bonds. The first-order chi connectivity index (χ1) is 13.5. The number of rotatable bonds is 6. The zero-order valence-electron chi connectivity index (χ0n) is 16.6. The molecule has 5 heteroatoms. The lowest BCUT2D eigenvalue weighted by molar-refractivity contribution is -0.125. The van der Waals surface area contributed by atoms with E-state index in [9.17, 15) is 9.59 Å². The van der Waals surface area contributed by atoms with Gasteiger partial charge in [-0.2, -0.15) is 0 Å². The first-order valence-corrected chi connectivity index (χ1v) is 9.65. The molecule has 1 atom stereocenters. The molecule has 0 aliphatic carbocycles. The summed E-state index contributed by atoms with van der Waals surface area (Å²) in [6.07, 6.45) is 4.68. The molecule has 2 aromatic rings. The summed E-state index contributed by atoms with van der Waals surface area (Å²) in [4.78, 5) is 26.5. The van der Waals surface area contributed by atoms with Gasteiger partial charge >= 0.3 is 0 Å². The number of hydrogen-bond acceptors (Lipinski definition) is 3. The van der Waals surface area contributed by atoms with Gasteiger partial charge in [-0.05, 0) is 50.1 Å². The lowest BCUT2D eigenvalue weighted by atomic mass is 10.1. The fraction of sp³-hybridized carbons (Fsp3) is 0.304. The summed E-state index contributed by atoms with van der Waals surface area (Å²) in [6.45, 7) is 6.51. The maximum absolute atomic E-state index is 12.5. The van der Waals surface area contributed by atoms with Crippen LogP contribution in [0.25, 0.3) is 6.08 Å². The Hall–Kier alpha value is -3.08. The first kappa shape index (κ1) is 19.7. The first-order valence-electron chi connectivity index (χ1n) is 9.65. The molecule has 146 valence electrons. The lowest BCUT2D eigenvalue weighted by Gasteiger charge is -2.33. The van der Waals surface area contributed by atoms with Crippen molar-refractivity contribution in [2.75, 3.05) is 16.8 Å². The van der Waals surface area contributed by atoms with E-state index >= 15 is 0 Å². The van der Waals surface area contributed by atoms with Gasteiger partial charge in [0.1, 0.15) is 5.75 Å². The number of ether oxygens (including phenoxy) is 1. The number of carbonyl (C=O) groups excluding carboxylic acids is 2. The zero-order chi connectivity index (χ0) is 20.1. The van der Waals surface area contributed by atoms with Gasteiger partial charge in [-0.3, -0.25) is 9.59 Å². The fourth-order valence-corrected chi connectivity index (χ4v) is 3.07. The standard InChI is InChI=1S/C23H26N2O3/c1-4-5-14-25-20-15-19(11-12-21(20)28-17(3)23(25)27)24-22(26)13-10-18-8-6-16(2)7-9-18/h6-13,15,17H,4-5,14H2,1-3H3,(H,24,26)/b13-10+.